The SMILES string of the molecule is CCn1ncc(Cl)c1C(N)CCc1ccncc1. The van der Waals surface area contributed by atoms with Gasteiger partial charge in [-0.1, -0.05) is 11.6 Å². The highest BCUT2D eigenvalue weighted by Gasteiger charge is 2.15. The smallest absolute Gasteiger partial charge is 0.0834 e. The van der Waals surface area contributed by atoms with Crippen LogP contribution in [-0.4, -0.2) is 14.8 Å². The molecule has 0 amide bonds. The van der Waals surface area contributed by atoms with E-state index >= 15 is 0 Å². The van der Waals surface area contributed by atoms with Crippen molar-refractivity contribution in [2.75, 3.05) is 0 Å². The van der Waals surface area contributed by atoms with Crippen molar-refractivity contribution in [2.45, 2.75) is 32.4 Å². The number of halogens is 1. The molecule has 0 spiro atoms. The lowest BCUT2D eigenvalue weighted by Crippen LogP contribution is -2.17. The summed E-state index contributed by atoms with van der Waals surface area (Å²) in [4.78, 5) is 4.00. The largest absolute Gasteiger partial charge is 0.323 e. The van der Waals surface area contributed by atoms with Gasteiger partial charge in [0.1, 0.15) is 0 Å². The molecule has 0 aliphatic heterocycles. The van der Waals surface area contributed by atoms with Crippen LogP contribution in [0.3, 0.4) is 0 Å². The molecule has 0 saturated heterocycles. The standard InChI is InChI=1S/C13H17ClN4/c1-2-18-13(11(14)9-17-18)12(15)4-3-10-5-7-16-8-6-10/h5-9,12H,2-4,15H2,1H3. The predicted octanol–water partition coefficient (Wildman–Crippen LogP) is 2.58. The third-order valence-corrected chi connectivity index (χ3v) is 3.27. The van der Waals surface area contributed by atoms with Crippen molar-refractivity contribution in [3.63, 3.8) is 0 Å². The van der Waals surface area contributed by atoms with Crippen molar-refractivity contribution in [1.29, 1.82) is 0 Å². The van der Waals surface area contributed by atoms with Gasteiger partial charge in [0.05, 0.1) is 16.9 Å². The van der Waals surface area contributed by atoms with E-state index in [4.69, 9.17) is 17.3 Å². The molecule has 2 rings (SSSR count). The van der Waals surface area contributed by atoms with E-state index in [1.165, 1.54) is 5.56 Å². The van der Waals surface area contributed by atoms with Gasteiger partial charge in [-0.2, -0.15) is 5.10 Å². The molecule has 0 bridgehead atoms. The molecule has 96 valence electrons. The summed E-state index contributed by atoms with van der Waals surface area (Å²) in [5.74, 6) is 0. The van der Waals surface area contributed by atoms with Crippen LogP contribution in [0.15, 0.2) is 30.7 Å². The van der Waals surface area contributed by atoms with Crippen molar-refractivity contribution < 1.29 is 0 Å². The molecular weight excluding hydrogens is 248 g/mol. The third-order valence-electron chi connectivity index (χ3n) is 2.98. The molecule has 4 nitrogen and oxygen atoms in total. The van der Waals surface area contributed by atoms with Crippen molar-refractivity contribution in [1.82, 2.24) is 14.8 Å². The number of pyridine rings is 1. The second-order valence-corrected chi connectivity index (χ2v) is 4.60. The minimum Gasteiger partial charge on any atom is -0.323 e. The zero-order chi connectivity index (χ0) is 13.0. The average molecular weight is 265 g/mol. The maximum absolute atomic E-state index is 6.20. The van der Waals surface area contributed by atoms with E-state index in [-0.39, 0.29) is 6.04 Å². The monoisotopic (exact) mass is 264 g/mol. The first-order chi connectivity index (χ1) is 8.72. The van der Waals surface area contributed by atoms with E-state index in [2.05, 4.69) is 10.1 Å². The van der Waals surface area contributed by atoms with E-state index in [0.29, 0.717) is 5.02 Å². The maximum atomic E-state index is 6.20. The second-order valence-electron chi connectivity index (χ2n) is 4.19. The molecule has 18 heavy (non-hydrogen) atoms. The molecule has 1 atom stereocenters. The average Bonchev–Trinajstić information content (AvgIpc) is 2.78. The Balaban J connectivity index is 2.03. The molecule has 2 aromatic rings. The molecular formula is C13H17ClN4. The van der Waals surface area contributed by atoms with Gasteiger partial charge in [-0.25, -0.2) is 0 Å². The summed E-state index contributed by atoms with van der Waals surface area (Å²) in [5, 5.41) is 4.86. The highest BCUT2D eigenvalue weighted by molar-refractivity contribution is 6.31. The van der Waals surface area contributed by atoms with Gasteiger partial charge >= 0.3 is 0 Å². The first kappa shape index (κ1) is 13.1. The maximum Gasteiger partial charge on any atom is 0.0834 e. The zero-order valence-corrected chi connectivity index (χ0v) is 11.1. The summed E-state index contributed by atoms with van der Waals surface area (Å²) in [6.45, 7) is 2.81. The van der Waals surface area contributed by atoms with Gasteiger partial charge in [0, 0.05) is 25.0 Å². The van der Waals surface area contributed by atoms with Crippen LogP contribution in [0.4, 0.5) is 0 Å². The minimum atomic E-state index is -0.0897. The van der Waals surface area contributed by atoms with Crippen molar-refractivity contribution in [3.8, 4) is 0 Å². The van der Waals surface area contributed by atoms with Gasteiger partial charge in [-0.15, -0.1) is 0 Å². The zero-order valence-electron chi connectivity index (χ0n) is 10.4. The third kappa shape index (κ3) is 2.89. The van der Waals surface area contributed by atoms with Crippen LogP contribution in [0, 0.1) is 0 Å². The van der Waals surface area contributed by atoms with Crippen LogP contribution < -0.4 is 5.73 Å². The fourth-order valence-corrected chi connectivity index (χ4v) is 2.28. The highest BCUT2D eigenvalue weighted by Crippen LogP contribution is 2.24. The summed E-state index contributed by atoms with van der Waals surface area (Å²) >= 11 is 6.13. The van der Waals surface area contributed by atoms with Gasteiger partial charge in [-0.05, 0) is 37.5 Å². The van der Waals surface area contributed by atoms with Crippen molar-refractivity contribution in [2.24, 2.45) is 5.73 Å². The van der Waals surface area contributed by atoms with Crippen LogP contribution in [-0.2, 0) is 13.0 Å². The van der Waals surface area contributed by atoms with Gasteiger partial charge in [0.2, 0.25) is 0 Å². The topological polar surface area (TPSA) is 56.7 Å². The number of nitrogens with zero attached hydrogens (tertiary/aromatic N) is 3. The number of aryl methyl sites for hydroxylation is 2. The van der Waals surface area contributed by atoms with Crippen molar-refractivity contribution in [3.05, 3.63) is 47.0 Å². The summed E-state index contributed by atoms with van der Waals surface area (Å²) in [5.41, 5.74) is 8.36. The Morgan fingerprint density at radius 3 is 2.78 bits per heavy atom. The molecule has 0 aromatic carbocycles. The molecule has 1 unspecified atom stereocenters. The van der Waals surface area contributed by atoms with E-state index in [1.807, 2.05) is 23.7 Å². The Morgan fingerprint density at radius 2 is 2.11 bits per heavy atom. The first-order valence-corrected chi connectivity index (χ1v) is 6.45. The van der Waals surface area contributed by atoms with E-state index < -0.39 is 0 Å². The fourth-order valence-electron chi connectivity index (χ4n) is 2.00. The minimum absolute atomic E-state index is 0.0897. The molecule has 5 heteroatoms. The lowest BCUT2D eigenvalue weighted by Gasteiger charge is -2.14. The second kappa shape index (κ2) is 5.98. The fraction of sp³-hybridized carbons (Fsp3) is 0.385. The van der Waals surface area contributed by atoms with Crippen LogP contribution >= 0.6 is 11.6 Å². The van der Waals surface area contributed by atoms with Gasteiger partial charge in [0.15, 0.2) is 0 Å². The highest BCUT2D eigenvalue weighted by atomic mass is 35.5. The molecule has 0 aliphatic rings. The van der Waals surface area contributed by atoms with Gasteiger partial charge in [-0.3, -0.25) is 9.67 Å². The number of hydrogen-bond acceptors (Lipinski definition) is 3. The summed E-state index contributed by atoms with van der Waals surface area (Å²) in [7, 11) is 0. The van der Waals surface area contributed by atoms with Crippen LogP contribution in [0.1, 0.15) is 30.6 Å². The quantitative estimate of drug-likeness (QED) is 0.903. The lowest BCUT2D eigenvalue weighted by molar-refractivity contribution is 0.547. The van der Waals surface area contributed by atoms with Gasteiger partial charge < -0.3 is 5.73 Å². The van der Waals surface area contributed by atoms with Gasteiger partial charge in [0.25, 0.3) is 0 Å². The molecule has 2 aromatic heterocycles. The molecule has 0 saturated carbocycles. The number of aromatic nitrogens is 3. The Morgan fingerprint density at radius 1 is 1.39 bits per heavy atom. The predicted molar refractivity (Wildman–Crippen MR) is 72.4 cm³/mol. The van der Waals surface area contributed by atoms with E-state index in [0.717, 1.165) is 25.1 Å². The summed E-state index contributed by atoms with van der Waals surface area (Å²) < 4.78 is 1.86. The lowest BCUT2D eigenvalue weighted by atomic mass is 10.0. The van der Waals surface area contributed by atoms with E-state index in [1.54, 1.807) is 18.6 Å². The molecule has 2 N–H and O–H groups in total. The van der Waals surface area contributed by atoms with Crippen LogP contribution in [0.25, 0.3) is 0 Å². The Kier molecular flexibility index (Phi) is 4.33. The number of nitrogens with two attached hydrogens (primary N) is 1. The van der Waals surface area contributed by atoms with E-state index in [9.17, 15) is 0 Å². The summed E-state index contributed by atoms with van der Waals surface area (Å²) in [6, 6.07) is 3.92. The molecule has 2 heterocycles. The van der Waals surface area contributed by atoms with Crippen LogP contribution in [0.5, 0.6) is 0 Å². The number of rotatable bonds is 5. The molecule has 0 aliphatic carbocycles. The van der Waals surface area contributed by atoms with Crippen molar-refractivity contribution >= 4 is 11.6 Å². The Bertz CT molecular complexity index is 495. The van der Waals surface area contributed by atoms with Crippen LogP contribution in [0.2, 0.25) is 5.02 Å². The first-order valence-electron chi connectivity index (χ1n) is 6.08. The normalized spacial score (nSPS) is 12.6. The molecule has 0 radical (unpaired) electrons. The Labute approximate surface area is 112 Å². The Hall–Kier alpha value is -1.39. The number of hydrogen-bond donors (Lipinski definition) is 1. The summed E-state index contributed by atoms with van der Waals surface area (Å²) in [6.07, 6.45) is 7.01. The molecule has 0 fully saturated rings.